The number of likely N-dealkylation sites (tertiary alicyclic amines) is 2. The second kappa shape index (κ2) is 22.7. The van der Waals surface area contributed by atoms with Gasteiger partial charge in [0.15, 0.2) is 24.5 Å². The molecule has 66 heavy (non-hydrogen) atoms. The largest absolute Gasteiger partial charge is 0.494 e. The molecular formula is C49H67N5O12. The number of aryl methyl sites for hydroxylation is 1. The van der Waals surface area contributed by atoms with Gasteiger partial charge >= 0.3 is 29.9 Å². The number of carbonyl (C=O) groups excluding carboxylic acids is 6. The van der Waals surface area contributed by atoms with Crippen molar-refractivity contribution in [2.45, 2.75) is 118 Å². The summed E-state index contributed by atoms with van der Waals surface area (Å²) in [6.07, 6.45) is 1.61. The number of nitrogens with zero attached hydrogens (tertiary/aromatic N) is 3. The van der Waals surface area contributed by atoms with Gasteiger partial charge in [0.1, 0.15) is 18.5 Å². The first-order valence-corrected chi connectivity index (χ1v) is 23.1. The molecule has 3 amide bonds. The van der Waals surface area contributed by atoms with Gasteiger partial charge in [0.05, 0.1) is 18.7 Å². The van der Waals surface area contributed by atoms with Crippen LogP contribution in [0.4, 0.5) is 4.79 Å². The molecule has 17 heteroatoms. The zero-order valence-electron chi connectivity index (χ0n) is 39.4. The Morgan fingerprint density at radius 1 is 0.818 bits per heavy atom. The lowest BCUT2D eigenvalue weighted by molar-refractivity contribution is -0.267. The van der Waals surface area contributed by atoms with Crippen LogP contribution in [0.25, 0.3) is 10.9 Å². The van der Waals surface area contributed by atoms with Gasteiger partial charge in [0.25, 0.3) is 0 Å². The fraction of sp³-hybridized carbons (Fsp3) is 0.592. The quantitative estimate of drug-likeness (QED) is 0.102. The van der Waals surface area contributed by atoms with Crippen molar-refractivity contribution in [3.63, 3.8) is 0 Å². The van der Waals surface area contributed by atoms with Crippen LogP contribution >= 0.6 is 0 Å². The molecule has 3 aliphatic heterocycles. The third kappa shape index (κ3) is 13.2. The van der Waals surface area contributed by atoms with Crippen molar-refractivity contribution in [2.24, 2.45) is 11.3 Å². The molecule has 6 rings (SSSR count). The summed E-state index contributed by atoms with van der Waals surface area (Å²) in [4.78, 5) is 78.6. The van der Waals surface area contributed by atoms with Gasteiger partial charge in [-0.05, 0) is 98.2 Å². The number of amides is 3. The highest BCUT2D eigenvalue weighted by atomic mass is 16.7. The minimum absolute atomic E-state index is 0.0142. The van der Waals surface area contributed by atoms with Gasteiger partial charge in [-0.25, -0.2) is 4.79 Å². The average Bonchev–Trinajstić information content (AvgIpc) is 3.63. The number of rotatable bonds is 17. The summed E-state index contributed by atoms with van der Waals surface area (Å²) in [5.74, 6) is -1.57. The SMILES string of the molecule is CC(=O)OCC1OC(n2cc(Cc3ccc(OCCCN4CCCC5(CCN(C(=O)CNC(=O)NCC(C)C)CC5)C4)cc3)c3c(C)cccc32)C(OC(C)=O)C(OC(C)=O)C1OC(C)=O. The first-order valence-electron chi connectivity index (χ1n) is 23.1. The molecule has 5 unspecified atom stereocenters. The Morgan fingerprint density at radius 3 is 2.17 bits per heavy atom. The van der Waals surface area contributed by atoms with Crippen LogP contribution in [0, 0.1) is 18.3 Å². The van der Waals surface area contributed by atoms with Gasteiger partial charge in [-0.3, -0.25) is 24.0 Å². The minimum atomic E-state index is -1.29. The third-order valence-corrected chi connectivity index (χ3v) is 12.6. The number of ether oxygens (including phenoxy) is 6. The second-order valence-corrected chi connectivity index (χ2v) is 18.4. The molecule has 17 nitrogen and oxygen atoms in total. The maximum atomic E-state index is 12.8. The Kier molecular flexibility index (Phi) is 17.1. The Hall–Kier alpha value is -5.68. The Labute approximate surface area is 387 Å². The molecule has 4 heterocycles. The number of fused-ring (bicyclic) bond motifs is 1. The van der Waals surface area contributed by atoms with E-state index in [9.17, 15) is 28.8 Å². The summed E-state index contributed by atoms with van der Waals surface area (Å²) in [5.41, 5.74) is 3.96. The monoisotopic (exact) mass is 917 g/mol. The van der Waals surface area contributed by atoms with E-state index in [1.165, 1.54) is 34.1 Å². The number of hydrogen-bond acceptors (Lipinski definition) is 13. The minimum Gasteiger partial charge on any atom is -0.494 e. The van der Waals surface area contributed by atoms with Crippen molar-refractivity contribution in [2.75, 3.05) is 59.0 Å². The molecule has 5 atom stereocenters. The molecule has 1 aromatic heterocycles. The van der Waals surface area contributed by atoms with Crippen molar-refractivity contribution in [3.05, 3.63) is 65.4 Å². The highest BCUT2D eigenvalue weighted by Gasteiger charge is 2.53. The summed E-state index contributed by atoms with van der Waals surface area (Å²) >= 11 is 0. The van der Waals surface area contributed by atoms with Crippen LogP contribution in [-0.4, -0.2) is 134 Å². The van der Waals surface area contributed by atoms with E-state index in [1.54, 1.807) is 0 Å². The number of carbonyl (C=O) groups is 6. The van der Waals surface area contributed by atoms with Crippen molar-refractivity contribution in [1.82, 2.24) is 25.0 Å². The Morgan fingerprint density at radius 2 is 1.50 bits per heavy atom. The Bertz CT molecular complexity index is 2180. The molecule has 0 aliphatic carbocycles. The first kappa shape index (κ1) is 49.7. The smallest absolute Gasteiger partial charge is 0.315 e. The van der Waals surface area contributed by atoms with Crippen molar-refractivity contribution in [3.8, 4) is 5.75 Å². The van der Waals surface area contributed by atoms with Crippen molar-refractivity contribution < 1.29 is 57.2 Å². The highest BCUT2D eigenvalue weighted by molar-refractivity contribution is 5.88. The van der Waals surface area contributed by atoms with E-state index in [0.717, 1.165) is 78.7 Å². The lowest BCUT2D eigenvalue weighted by atomic mass is 9.72. The van der Waals surface area contributed by atoms with Crippen molar-refractivity contribution >= 4 is 46.7 Å². The molecule has 1 spiro atoms. The van der Waals surface area contributed by atoms with Crippen LogP contribution < -0.4 is 15.4 Å². The zero-order valence-corrected chi connectivity index (χ0v) is 39.4. The molecule has 0 bridgehead atoms. The number of aromatic nitrogens is 1. The third-order valence-electron chi connectivity index (χ3n) is 12.6. The molecule has 0 radical (unpaired) electrons. The van der Waals surface area contributed by atoms with Gasteiger partial charge in [-0.15, -0.1) is 0 Å². The average molecular weight is 918 g/mol. The van der Waals surface area contributed by atoms with E-state index in [-0.39, 0.29) is 30.5 Å². The van der Waals surface area contributed by atoms with Crippen LogP contribution in [-0.2, 0) is 54.1 Å². The predicted octanol–water partition coefficient (Wildman–Crippen LogP) is 5.22. The summed E-state index contributed by atoms with van der Waals surface area (Å²) in [6, 6.07) is 13.5. The van der Waals surface area contributed by atoms with Gasteiger partial charge in [-0.2, -0.15) is 0 Å². The molecule has 3 saturated heterocycles. The van der Waals surface area contributed by atoms with E-state index in [1.807, 2.05) is 78.9 Å². The van der Waals surface area contributed by atoms with Crippen LogP contribution in [0.2, 0.25) is 0 Å². The molecule has 0 saturated carbocycles. The van der Waals surface area contributed by atoms with E-state index >= 15 is 0 Å². The summed E-state index contributed by atoms with van der Waals surface area (Å²) in [5, 5.41) is 6.45. The number of nitrogens with one attached hydrogen (secondary N) is 2. The fourth-order valence-electron chi connectivity index (χ4n) is 9.53. The van der Waals surface area contributed by atoms with Crippen LogP contribution in [0.5, 0.6) is 5.75 Å². The van der Waals surface area contributed by atoms with E-state index in [2.05, 4.69) is 15.5 Å². The maximum absolute atomic E-state index is 12.8. The molecule has 3 aromatic rings. The molecular weight excluding hydrogens is 851 g/mol. The van der Waals surface area contributed by atoms with Crippen LogP contribution in [0.1, 0.15) is 96.6 Å². The predicted molar refractivity (Wildman–Crippen MR) is 243 cm³/mol. The van der Waals surface area contributed by atoms with Gasteiger partial charge in [-0.1, -0.05) is 38.1 Å². The molecule has 3 aliphatic rings. The molecule has 360 valence electrons. The molecule has 2 aromatic carbocycles. The van der Waals surface area contributed by atoms with Crippen LogP contribution in [0.15, 0.2) is 48.7 Å². The topological polar surface area (TPSA) is 193 Å². The Balaban J connectivity index is 1.07. The van der Waals surface area contributed by atoms with E-state index in [4.69, 9.17) is 28.4 Å². The first-order chi connectivity index (χ1) is 31.5. The number of benzene rings is 2. The fourth-order valence-corrected chi connectivity index (χ4v) is 9.53. The zero-order chi connectivity index (χ0) is 47.5. The molecule has 2 N–H and O–H groups in total. The standard InChI is InChI=1S/C49H67N5O12/c1-31(2)26-50-48(60)51-27-42(59)53-22-18-49(19-23-53)17-9-20-52(30-49)21-10-24-61-39-15-13-37(14-16-39)25-38-28-54(40-12-8-11-32(3)43(38)40)47-46(65-36(7)58)45(64-35(6)57)44(63-34(5)56)41(66-47)29-62-33(4)55/h8,11-16,28,31,41,44-47H,9-10,17-27,29-30H2,1-7H3,(H2,50,51,60). The normalized spacial score (nSPS) is 21.8. The number of esters is 4. The van der Waals surface area contributed by atoms with Crippen molar-refractivity contribution in [1.29, 1.82) is 0 Å². The maximum Gasteiger partial charge on any atom is 0.315 e. The lowest BCUT2D eigenvalue weighted by Crippen LogP contribution is -2.60. The number of piperidine rings is 2. The molecule has 3 fully saturated rings. The van der Waals surface area contributed by atoms with Gasteiger partial charge < -0.3 is 53.4 Å². The van der Waals surface area contributed by atoms with E-state index in [0.29, 0.717) is 38.6 Å². The second-order valence-electron chi connectivity index (χ2n) is 18.4. The van der Waals surface area contributed by atoms with Crippen LogP contribution in [0.3, 0.4) is 0 Å². The van der Waals surface area contributed by atoms with E-state index < -0.39 is 54.5 Å². The summed E-state index contributed by atoms with van der Waals surface area (Å²) in [6.45, 7) is 16.2. The summed E-state index contributed by atoms with van der Waals surface area (Å²) < 4.78 is 37.0. The number of hydrogen-bond donors (Lipinski definition) is 2. The van der Waals surface area contributed by atoms with Gasteiger partial charge in [0, 0.05) is 72.0 Å². The summed E-state index contributed by atoms with van der Waals surface area (Å²) in [7, 11) is 0. The van der Waals surface area contributed by atoms with Gasteiger partial charge in [0.2, 0.25) is 5.91 Å². The lowest BCUT2D eigenvalue weighted by Gasteiger charge is -2.47. The highest BCUT2D eigenvalue weighted by Crippen LogP contribution is 2.41. The number of urea groups is 1.